The van der Waals surface area contributed by atoms with E-state index >= 15 is 0 Å². The lowest BCUT2D eigenvalue weighted by Gasteiger charge is -2.23. The van der Waals surface area contributed by atoms with Gasteiger partial charge in [0.25, 0.3) is 0 Å². The van der Waals surface area contributed by atoms with E-state index in [4.69, 9.17) is 4.74 Å². The Morgan fingerprint density at radius 2 is 1.94 bits per heavy atom. The Morgan fingerprint density at radius 1 is 1.31 bits per heavy atom. The van der Waals surface area contributed by atoms with E-state index in [9.17, 15) is 5.11 Å². The van der Waals surface area contributed by atoms with Crippen LogP contribution in [0.4, 0.5) is 0 Å². The van der Waals surface area contributed by atoms with Crippen molar-refractivity contribution in [1.82, 2.24) is 4.90 Å². The molecule has 1 aromatic rings. The van der Waals surface area contributed by atoms with Gasteiger partial charge >= 0.3 is 0 Å². The van der Waals surface area contributed by atoms with Crippen LogP contribution in [-0.4, -0.2) is 31.2 Å². The minimum absolute atomic E-state index is 0.781. The molecule has 0 fully saturated rings. The predicted octanol–water partition coefficient (Wildman–Crippen LogP) is 1.98. The van der Waals surface area contributed by atoms with Crippen LogP contribution in [0.5, 0.6) is 5.75 Å². The molecule has 1 N–H and O–H groups in total. The van der Waals surface area contributed by atoms with Gasteiger partial charge < -0.3 is 14.7 Å². The fourth-order valence-corrected chi connectivity index (χ4v) is 1.77. The van der Waals surface area contributed by atoms with Crippen LogP contribution in [0.3, 0.4) is 0 Å². The van der Waals surface area contributed by atoms with Crippen molar-refractivity contribution in [2.75, 3.05) is 21.2 Å². The molecule has 0 bridgehead atoms. The second-order valence-corrected chi connectivity index (χ2v) is 4.79. The monoisotopic (exact) mass is 223 g/mol. The average Bonchev–Trinajstić information content (AvgIpc) is 2.15. The normalized spacial score (nSPS) is 11.9. The van der Waals surface area contributed by atoms with Gasteiger partial charge in [-0.1, -0.05) is 18.2 Å². The van der Waals surface area contributed by atoms with Gasteiger partial charge in [-0.15, -0.1) is 0 Å². The topological polar surface area (TPSA) is 32.7 Å². The van der Waals surface area contributed by atoms with E-state index in [0.29, 0.717) is 0 Å². The van der Waals surface area contributed by atoms with E-state index < -0.39 is 5.60 Å². The molecule has 0 aliphatic carbocycles. The highest BCUT2D eigenvalue weighted by Gasteiger charge is 2.22. The Hall–Kier alpha value is -1.06. The number of hydrogen-bond donors (Lipinski definition) is 1. The minimum atomic E-state index is -0.881. The van der Waals surface area contributed by atoms with Gasteiger partial charge in [-0.05, 0) is 27.9 Å². The summed E-state index contributed by atoms with van der Waals surface area (Å²) in [6.45, 7) is 4.34. The summed E-state index contributed by atoms with van der Waals surface area (Å²) in [5.74, 6) is 0.781. The predicted molar refractivity (Wildman–Crippen MR) is 65.6 cm³/mol. The first kappa shape index (κ1) is 13.0. The lowest BCUT2D eigenvalue weighted by molar-refractivity contribution is 0.0754. The van der Waals surface area contributed by atoms with Crippen molar-refractivity contribution in [3.05, 3.63) is 29.3 Å². The largest absolute Gasteiger partial charge is 0.496 e. The number of nitrogens with zero attached hydrogens (tertiary/aromatic N) is 1. The third-order valence-corrected chi connectivity index (χ3v) is 2.45. The summed E-state index contributed by atoms with van der Waals surface area (Å²) >= 11 is 0. The summed E-state index contributed by atoms with van der Waals surface area (Å²) in [5, 5.41) is 10.1. The molecule has 1 aromatic carbocycles. The summed E-state index contributed by atoms with van der Waals surface area (Å²) < 4.78 is 5.42. The maximum Gasteiger partial charge on any atom is 0.129 e. The lowest BCUT2D eigenvalue weighted by atomic mass is 9.95. The summed E-state index contributed by atoms with van der Waals surface area (Å²) in [6, 6.07) is 5.88. The third-order valence-electron chi connectivity index (χ3n) is 2.45. The highest BCUT2D eigenvalue weighted by atomic mass is 16.5. The van der Waals surface area contributed by atoms with E-state index in [1.165, 1.54) is 0 Å². The second kappa shape index (κ2) is 4.85. The number of ether oxygens (including phenoxy) is 1. The Morgan fingerprint density at radius 3 is 2.38 bits per heavy atom. The van der Waals surface area contributed by atoms with Gasteiger partial charge in [0.1, 0.15) is 5.75 Å². The van der Waals surface area contributed by atoms with Crippen LogP contribution in [0.1, 0.15) is 25.0 Å². The van der Waals surface area contributed by atoms with Crippen LogP contribution < -0.4 is 4.74 Å². The molecule has 0 saturated carbocycles. The van der Waals surface area contributed by atoms with Crippen LogP contribution in [0, 0.1) is 0 Å². The van der Waals surface area contributed by atoms with Crippen molar-refractivity contribution < 1.29 is 9.84 Å². The van der Waals surface area contributed by atoms with E-state index in [0.717, 1.165) is 23.4 Å². The molecule has 1 rings (SSSR count). The van der Waals surface area contributed by atoms with Gasteiger partial charge in [-0.3, -0.25) is 0 Å². The lowest BCUT2D eigenvalue weighted by Crippen LogP contribution is -2.19. The number of rotatable bonds is 4. The van der Waals surface area contributed by atoms with Crippen LogP contribution in [0.2, 0.25) is 0 Å². The molecule has 0 amide bonds. The molecular formula is C13H21NO2. The summed E-state index contributed by atoms with van der Waals surface area (Å²) in [6.07, 6.45) is 0. The van der Waals surface area contributed by atoms with Crippen molar-refractivity contribution >= 4 is 0 Å². The minimum Gasteiger partial charge on any atom is -0.496 e. The van der Waals surface area contributed by atoms with E-state index in [-0.39, 0.29) is 0 Å². The first-order valence-electron chi connectivity index (χ1n) is 5.39. The smallest absolute Gasteiger partial charge is 0.129 e. The van der Waals surface area contributed by atoms with Crippen molar-refractivity contribution in [3.63, 3.8) is 0 Å². The Balaban J connectivity index is 3.21. The van der Waals surface area contributed by atoms with Gasteiger partial charge in [0.2, 0.25) is 0 Å². The molecule has 0 saturated heterocycles. The summed E-state index contributed by atoms with van der Waals surface area (Å²) in [7, 11) is 5.66. The Kier molecular flexibility index (Phi) is 3.94. The molecule has 3 nitrogen and oxygen atoms in total. The van der Waals surface area contributed by atoms with Crippen LogP contribution in [0.25, 0.3) is 0 Å². The number of aliphatic hydroxyl groups is 1. The molecule has 90 valence electrons. The molecule has 0 atom stereocenters. The van der Waals surface area contributed by atoms with Crippen molar-refractivity contribution in [2.24, 2.45) is 0 Å². The van der Waals surface area contributed by atoms with Crippen LogP contribution in [0.15, 0.2) is 18.2 Å². The third kappa shape index (κ3) is 2.97. The summed E-state index contributed by atoms with van der Waals surface area (Å²) in [4.78, 5) is 2.08. The van der Waals surface area contributed by atoms with Crippen molar-refractivity contribution in [2.45, 2.75) is 26.0 Å². The standard InChI is InChI=1S/C13H21NO2/c1-13(2,15)11-8-6-7-10(9-14(3)4)12(11)16-5/h6-8,15H,9H2,1-5H3. The molecule has 0 spiro atoms. The van der Waals surface area contributed by atoms with Crippen molar-refractivity contribution in [1.29, 1.82) is 0 Å². The molecule has 3 heteroatoms. The number of para-hydroxylation sites is 1. The quantitative estimate of drug-likeness (QED) is 0.847. The number of hydrogen-bond acceptors (Lipinski definition) is 3. The molecule has 0 aliphatic rings. The first-order chi connectivity index (χ1) is 7.36. The fraction of sp³-hybridized carbons (Fsp3) is 0.538. The highest BCUT2D eigenvalue weighted by molar-refractivity contribution is 5.44. The molecular weight excluding hydrogens is 202 g/mol. The zero-order chi connectivity index (χ0) is 12.3. The van der Waals surface area contributed by atoms with Gasteiger partial charge in [-0.2, -0.15) is 0 Å². The average molecular weight is 223 g/mol. The van der Waals surface area contributed by atoms with Gasteiger partial charge in [0.05, 0.1) is 12.7 Å². The molecule has 0 heterocycles. The van der Waals surface area contributed by atoms with E-state index in [2.05, 4.69) is 4.90 Å². The van der Waals surface area contributed by atoms with E-state index in [1.54, 1.807) is 21.0 Å². The SMILES string of the molecule is COc1c(CN(C)C)cccc1C(C)(C)O. The number of methoxy groups -OCH3 is 1. The van der Waals surface area contributed by atoms with Crippen LogP contribution >= 0.6 is 0 Å². The highest BCUT2D eigenvalue weighted by Crippen LogP contribution is 2.32. The zero-order valence-corrected chi connectivity index (χ0v) is 10.7. The molecule has 0 radical (unpaired) electrons. The Bertz CT molecular complexity index is 353. The molecule has 0 unspecified atom stereocenters. The maximum absolute atomic E-state index is 10.1. The fourth-order valence-electron chi connectivity index (χ4n) is 1.77. The number of benzene rings is 1. The van der Waals surface area contributed by atoms with E-state index in [1.807, 2.05) is 32.3 Å². The molecule has 0 aliphatic heterocycles. The van der Waals surface area contributed by atoms with Gasteiger partial charge in [0, 0.05) is 17.7 Å². The molecule has 0 aromatic heterocycles. The summed E-state index contributed by atoms with van der Waals surface area (Å²) in [5.41, 5.74) is 1.04. The van der Waals surface area contributed by atoms with Gasteiger partial charge in [-0.25, -0.2) is 0 Å². The molecule has 16 heavy (non-hydrogen) atoms. The van der Waals surface area contributed by atoms with Crippen molar-refractivity contribution in [3.8, 4) is 5.75 Å². The first-order valence-corrected chi connectivity index (χ1v) is 5.39. The Labute approximate surface area is 97.7 Å². The zero-order valence-electron chi connectivity index (χ0n) is 10.7. The second-order valence-electron chi connectivity index (χ2n) is 4.79. The maximum atomic E-state index is 10.1. The van der Waals surface area contributed by atoms with Gasteiger partial charge in [0.15, 0.2) is 0 Å². The van der Waals surface area contributed by atoms with Crippen LogP contribution in [-0.2, 0) is 12.1 Å².